The molecule has 4 unspecified atom stereocenters. The Morgan fingerprint density at radius 3 is 2.57 bits per heavy atom. The molecule has 0 bridgehead atoms. The number of benzene rings is 1. The Balaban J connectivity index is 1.93. The number of rotatable bonds is 4. The molecule has 0 saturated carbocycles. The smallest absolute Gasteiger partial charge is 0.309 e. The summed E-state index contributed by atoms with van der Waals surface area (Å²) in [7, 11) is 0. The van der Waals surface area contributed by atoms with Crippen LogP contribution in [0.25, 0.3) is 0 Å². The predicted molar refractivity (Wildman–Crippen MR) is 86.0 cm³/mol. The summed E-state index contributed by atoms with van der Waals surface area (Å²) in [6.45, 7) is 8.97. The maximum absolute atomic E-state index is 12.4. The summed E-state index contributed by atoms with van der Waals surface area (Å²) >= 11 is 0. The van der Waals surface area contributed by atoms with E-state index in [2.05, 4.69) is 45.9 Å². The molecule has 0 spiro atoms. The van der Waals surface area contributed by atoms with Crippen LogP contribution < -0.4 is 0 Å². The van der Waals surface area contributed by atoms with Crippen LogP contribution in [0.5, 0.6) is 0 Å². The highest BCUT2D eigenvalue weighted by molar-refractivity contribution is 5.73. The van der Waals surface area contributed by atoms with Crippen molar-refractivity contribution in [1.29, 1.82) is 0 Å². The van der Waals surface area contributed by atoms with Crippen LogP contribution in [0.15, 0.2) is 42.0 Å². The fourth-order valence-corrected chi connectivity index (χ4v) is 3.40. The van der Waals surface area contributed by atoms with Crippen LogP contribution in [0.1, 0.15) is 45.6 Å². The molecule has 114 valence electrons. The summed E-state index contributed by atoms with van der Waals surface area (Å²) in [5.74, 6) is 0.831. The van der Waals surface area contributed by atoms with Gasteiger partial charge >= 0.3 is 5.97 Å². The molecule has 2 nitrogen and oxygen atoms in total. The van der Waals surface area contributed by atoms with E-state index in [1.807, 2.05) is 18.2 Å². The van der Waals surface area contributed by atoms with Crippen molar-refractivity contribution in [2.45, 2.75) is 40.0 Å². The van der Waals surface area contributed by atoms with E-state index in [0.29, 0.717) is 12.5 Å². The van der Waals surface area contributed by atoms with E-state index in [9.17, 15) is 4.79 Å². The molecular weight excluding hydrogens is 260 g/mol. The molecule has 0 aromatic heterocycles. The summed E-state index contributed by atoms with van der Waals surface area (Å²) < 4.78 is 5.61. The van der Waals surface area contributed by atoms with Crippen molar-refractivity contribution in [2.24, 2.45) is 17.8 Å². The Bertz CT molecular complexity index is 504. The highest BCUT2D eigenvalue weighted by atomic mass is 16.5. The number of ether oxygens (including phenoxy) is 1. The third-order valence-electron chi connectivity index (χ3n) is 4.49. The first-order valence-corrected chi connectivity index (χ1v) is 7.88. The molecule has 21 heavy (non-hydrogen) atoms. The predicted octanol–water partition coefficient (Wildman–Crippen LogP) is 4.57. The van der Waals surface area contributed by atoms with Gasteiger partial charge in [0.15, 0.2) is 0 Å². The fraction of sp³-hybridized carbons (Fsp3) is 0.526. The number of carbonyl (C=O) groups excluding carboxylic acids is 1. The molecule has 0 saturated heterocycles. The van der Waals surface area contributed by atoms with Gasteiger partial charge in [-0.2, -0.15) is 0 Å². The van der Waals surface area contributed by atoms with Crippen LogP contribution in [0, 0.1) is 17.8 Å². The lowest BCUT2D eigenvalue weighted by Gasteiger charge is -2.31. The van der Waals surface area contributed by atoms with Gasteiger partial charge in [-0.3, -0.25) is 4.79 Å². The van der Waals surface area contributed by atoms with E-state index in [-0.39, 0.29) is 23.7 Å². The molecule has 0 heterocycles. The van der Waals surface area contributed by atoms with Crippen LogP contribution >= 0.6 is 0 Å². The second-order valence-corrected chi connectivity index (χ2v) is 6.52. The normalized spacial score (nSPS) is 26.9. The number of hydrogen-bond donors (Lipinski definition) is 0. The van der Waals surface area contributed by atoms with Crippen molar-refractivity contribution in [3.63, 3.8) is 0 Å². The molecule has 4 atom stereocenters. The van der Waals surface area contributed by atoms with Crippen molar-refractivity contribution in [2.75, 3.05) is 6.61 Å². The van der Waals surface area contributed by atoms with Crippen molar-refractivity contribution in [1.82, 2.24) is 0 Å². The van der Waals surface area contributed by atoms with Gasteiger partial charge in [-0.15, -0.1) is 0 Å². The molecule has 0 fully saturated rings. The van der Waals surface area contributed by atoms with Crippen molar-refractivity contribution < 1.29 is 9.53 Å². The van der Waals surface area contributed by atoms with Crippen LogP contribution in [-0.2, 0) is 9.53 Å². The maximum Gasteiger partial charge on any atom is 0.309 e. The number of hydrogen-bond acceptors (Lipinski definition) is 2. The average molecular weight is 286 g/mol. The third kappa shape index (κ3) is 3.96. The quantitative estimate of drug-likeness (QED) is 0.598. The Kier molecular flexibility index (Phi) is 5.22. The summed E-state index contributed by atoms with van der Waals surface area (Å²) in [6.07, 6.45) is 3.21. The lowest BCUT2D eigenvalue weighted by molar-refractivity contribution is -0.152. The van der Waals surface area contributed by atoms with Gasteiger partial charge < -0.3 is 4.74 Å². The fourth-order valence-electron chi connectivity index (χ4n) is 3.40. The van der Waals surface area contributed by atoms with Gasteiger partial charge in [-0.25, -0.2) is 0 Å². The molecule has 1 aliphatic carbocycles. The van der Waals surface area contributed by atoms with Gasteiger partial charge in [0.05, 0.1) is 12.5 Å². The molecule has 1 aromatic rings. The second-order valence-electron chi connectivity index (χ2n) is 6.52. The molecule has 2 heteroatoms. The Morgan fingerprint density at radius 1 is 1.29 bits per heavy atom. The number of allylic oxidation sites excluding steroid dienone is 2. The molecule has 1 aliphatic rings. The van der Waals surface area contributed by atoms with Crippen molar-refractivity contribution in [3.05, 3.63) is 47.5 Å². The minimum absolute atomic E-state index is 0.00308. The molecule has 0 aliphatic heterocycles. The number of esters is 1. The van der Waals surface area contributed by atoms with Crippen LogP contribution in [0.4, 0.5) is 0 Å². The molecule has 0 amide bonds. The third-order valence-corrected chi connectivity index (χ3v) is 4.49. The SMILES string of the molecule is CC1=CC(C)C(C(=O)OCC(C)c2ccccc2)C(C)C1. The van der Waals surface area contributed by atoms with Gasteiger partial charge in [-0.1, -0.05) is 62.8 Å². The molecule has 1 aromatic carbocycles. The summed E-state index contributed by atoms with van der Waals surface area (Å²) in [6, 6.07) is 10.2. The second kappa shape index (κ2) is 6.93. The van der Waals surface area contributed by atoms with Crippen molar-refractivity contribution in [3.8, 4) is 0 Å². The first-order chi connectivity index (χ1) is 9.99. The van der Waals surface area contributed by atoms with E-state index < -0.39 is 0 Å². The summed E-state index contributed by atoms with van der Waals surface area (Å²) in [5.41, 5.74) is 2.60. The van der Waals surface area contributed by atoms with E-state index >= 15 is 0 Å². The summed E-state index contributed by atoms with van der Waals surface area (Å²) in [5, 5.41) is 0. The average Bonchev–Trinajstić information content (AvgIpc) is 2.44. The zero-order chi connectivity index (χ0) is 15.4. The first kappa shape index (κ1) is 15.8. The van der Waals surface area contributed by atoms with Crippen LogP contribution in [0.3, 0.4) is 0 Å². The zero-order valence-corrected chi connectivity index (χ0v) is 13.5. The van der Waals surface area contributed by atoms with E-state index in [4.69, 9.17) is 4.74 Å². The largest absolute Gasteiger partial charge is 0.465 e. The lowest BCUT2D eigenvalue weighted by Crippen LogP contribution is -2.32. The van der Waals surface area contributed by atoms with Gasteiger partial charge in [0.2, 0.25) is 0 Å². The minimum atomic E-state index is -0.0402. The van der Waals surface area contributed by atoms with E-state index in [1.165, 1.54) is 11.1 Å². The zero-order valence-electron chi connectivity index (χ0n) is 13.5. The van der Waals surface area contributed by atoms with Crippen molar-refractivity contribution >= 4 is 5.97 Å². The Morgan fingerprint density at radius 2 is 1.95 bits per heavy atom. The molecular formula is C19H26O2. The van der Waals surface area contributed by atoms with E-state index in [0.717, 1.165) is 6.42 Å². The maximum atomic E-state index is 12.4. The van der Waals surface area contributed by atoms with Crippen LogP contribution in [0.2, 0.25) is 0 Å². The molecule has 0 N–H and O–H groups in total. The highest BCUT2D eigenvalue weighted by Gasteiger charge is 2.34. The topological polar surface area (TPSA) is 26.3 Å². The first-order valence-electron chi connectivity index (χ1n) is 7.88. The highest BCUT2D eigenvalue weighted by Crippen LogP contribution is 2.34. The van der Waals surface area contributed by atoms with E-state index in [1.54, 1.807) is 0 Å². The molecule has 0 radical (unpaired) electrons. The lowest BCUT2D eigenvalue weighted by atomic mass is 9.75. The Hall–Kier alpha value is -1.57. The molecule has 2 rings (SSSR count). The van der Waals surface area contributed by atoms with Gasteiger partial charge in [0.1, 0.15) is 0 Å². The van der Waals surface area contributed by atoms with Gasteiger partial charge in [-0.05, 0) is 30.7 Å². The standard InChI is InChI=1S/C19H26O2/c1-13-10-14(2)18(15(3)11-13)19(20)21-12-16(4)17-8-6-5-7-9-17/h5-10,14-16,18H,11-12H2,1-4H3. The van der Waals surface area contributed by atoms with Crippen LogP contribution in [-0.4, -0.2) is 12.6 Å². The minimum Gasteiger partial charge on any atom is -0.465 e. The monoisotopic (exact) mass is 286 g/mol. The van der Waals surface area contributed by atoms with Gasteiger partial charge in [0, 0.05) is 5.92 Å². The van der Waals surface area contributed by atoms with Gasteiger partial charge in [0.25, 0.3) is 0 Å². The number of carbonyl (C=O) groups is 1. The summed E-state index contributed by atoms with van der Waals surface area (Å²) in [4.78, 5) is 12.4. The Labute approximate surface area is 128 Å².